The summed E-state index contributed by atoms with van der Waals surface area (Å²) in [5.74, 6) is 5.98. The van der Waals surface area contributed by atoms with Crippen molar-refractivity contribution in [3.63, 3.8) is 0 Å². The molecule has 6 heteroatoms. The Morgan fingerprint density at radius 3 is 2.84 bits per heavy atom. The minimum Gasteiger partial charge on any atom is -0.320 e. The van der Waals surface area contributed by atoms with E-state index in [0.717, 1.165) is 12.8 Å². The van der Waals surface area contributed by atoms with Crippen LogP contribution in [0.1, 0.15) is 18.4 Å². The van der Waals surface area contributed by atoms with Crippen LogP contribution in [0.15, 0.2) is 23.4 Å². The number of hydrogen-bond acceptors (Lipinski definition) is 4. The lowest BCUT2D eigenvalue weighted by molar-refractivity contribution is 0.452. The van der Waals surface area contributed by atoms with Gasteiger partial charge in [0.25, 0.3) is 0 Å². The van der Waals surface area contributed by atoms with Crippen molar-refractivity contribution in [2.75, 3.05) is 20.1 Å². The third-order valence-corrected chi connectivity index (χ3v) is 4.76. The third-order valence-electron chi connectivity index (χ3n) is 2.97. The molecule has 1 aromatic heterocycles. The van der Waals surface area contributed by atoms with Gasteiger partial charge in [-0.2, -0.15) is 0 Å². The fourth-order valence-electron chi connectivity index (χ4n) is 1.72. The number of rotatable bonds is 4. The van der Waals surface area contributed by atoms with Crippen LogP contribution in [0.25, 0.3) is 0 Å². The van der Waals surface area contributed by atoms with Gasteiger partial charge in [0, 0.05) is 31.5 Å². The van der Waals surface area contributed by atoms with Gasteiger partial charge in [-0.1, -0.05) is 11.8 Å². The van der Waals surface area contributed by atoms with Crippen molar-refractivity contribution < 1.29 is 8.42 Å². The molecule has 1 fully saturated rings. The molecule has 0 atom stereocenters. The summed E-state index contributed by atoms with van der Waals surface area (Å²) in [5.41, 5.74) is 5.85. The normalized spacial score (nSPS) is 15.1. The Morgan fingerprint density at radius 1 is 1.47 bits per heavy atom. The largest absolute Gasteiger partial charge is 0.320 e. The number of nitrogens with two attached hydrogens (primary N) is 1. The monoisotopic (exact) mass is 279 g/mol. The Kier molecular flexibility index (Phi) is 4.20. The molecule has 1 aliphatic carbocycles. The summed E-state index contributed by atoms with van der Waals surface area (Å²) in [5, 5.41) is 0. The number of aromatic nitrogens is 1. The molecule has 0 amide bonds. The minimum absolute atomic E-state index is 0.180. The summed E-state index contributed by atoms with van der Waals surface area (Å²) in [6.45, 7) is 0.805. The molecule has 2 N–H and O–H groups in total. The SMILES string of the molecule is CN(CC1CC1)S(=O)(=O)c1cncc(C#CCN)c1. The van der Waals surface area contributed by atoms with Gasteiger partial charge in [-0.3, -0.25) is 4.98 Å². The maximum absolute atomic E-state index is 12.3. The van der Waals surface area contributed by atoms with E-state index in [2.05, 4.69) is 16.8 Å². The third kappa shape index (κ3) is 3.53. The second-order valence-electron chi connectivity index (χ2n) is 4.64. The van der Waals surface area contributed by atoms with Gasteiger partial charge in [-0.25, -0.2) is 12.7 Å². The van der Waals surface area contributed by atoms with E-state index in [1.54, 1.807) is 7.05 Å². The highest BCUT2D eigenvalue weighted by atomic mass is 32.2. The van der Waals surface area contributed by atoms with Crippen LogP contribution in [0.2, 0.25) is 0 Å². The molecule has 1 saturated carbocycles. The van der Waals surface area contributed by atoms with Crippen molar-refractivity contribution in [2.24, 2.45) is 11.7 Å². The molecule has 102 valence electrons. The molecule has 19 heavy (non-hydrogen) atoms. The standard InChI is InChI=1S/C13H17N3O2S/c1-16(10-11-4-5-11)19(17,18)13-7-12(3-2-6-14)8-15-9-13/h7-9,11H,4-6,10,14H2,1H3. The molecule has 1 aliphatic rings. The van der Waals surface area contributed by atoms with Gasteiger partial charge in [0.15, 0.2) is 0 Å². The van der Waals surface area contributed by atoms with E-state index in [4.69, 9.17) is 5.73 Å². The van der Waals surface area contributed by atoms with Crippen molar-refractivity contribution in [1.82, 2.24) is 9.29 Å². The Hall–Kier alpha value is -1.42. The van der Waals surface area contributed by atoms with Crippen molar-refractivity contribution in [3.8, 4) is 11.8 Å². The number of hydrogen-bond donors (Lipinski definition) is 1. The van der Waals surface area contributed by atoms with Gasteiger partial charge in [0.1, 0.15) is 4.90 Å². The smallest absolute Gasteiger partial charge is 0.244 e. The predicted octanol–water partition coefficient (Wildman–Crippen LogP) is 0.422. The van der Waals surface area contributed by atoms with E-state index in [1.165, 1.54) is 22.8 Å². The molecule has 0 aromatic carbocycles. The Labute approximate surface area is 113 Å². The first-order valence-corrected chi connectivity index (χ1v) is 7.58. The second-order valence-corrected chi connectivity index (χ2v) is 6.69. The molecule has 0 aliphatic heterocycles. The Morgan fingerprint density at radius 2 is 2.21 bits per heavy atom. The zero-order chi connectivity index (χ0) is 13.9. The van der Waals surface area contributed by atoms with Crippen LogP contribution in [0.5, 0.6) is 0 Å². The van der Waals surface area contributed by atoms with Gasteiger partial charge in [0.05, 0.1) is 6.54 Å². The number of pyridine rings is 1. The fraction of sp³-hybridized carbons (Fsp3) is 0.462. The predicted molar refractivity (Wildman–Crippen MR) is 72.7 cm³/mol. The molecular formula is C13H17N3O2S. The zero-order valence-corrected chi connectivity index (χ0v) is 11.7. The topological polar surface area (TPSA) is 76.3 Å². The van der Waals surface area contributed by atoms with Gasteiger partial charge in [0.2, 0.25) is 10.0 Å². The van der Waals surface area contributed by atoms with Crippen LogP contribution in [-0.2, 0) is 10.0 Å². The molecule has 0 radical (unpaired) electrons. The molecule has 1 heterocycles. The van der Waals surface area contributed by atoms with Crippen LogP contribution < -0.4 is 5.73 Å². The lowest BCUT2D eigenvalue weighted by Gasteiger charge is -2.16. The lowest BCUT2D eigenvalue weighted by atomic mass is 10.3. The van der Waals surface area contributed by atoms with E-state index in [9.17, 15) is 8.42 Å². The van der Waals surface area contributed by atoms with E-state index in [1.807, 2.05) is 0 Å². The first-order chi connectivity index (χ1) is 9.04. The summed E-state index contributed by atoms with van der Waals surface area (Å²) < 4.78 is 26.1. The fourth-order valence-corrected chi connectivity index (χ4v) is 2.96. The quantitative estimate of drug-likeness (QED) is 0.811. The van der Waals surface area contributed by atoms with Crippen LogP contribution in [0, 0.1) is 17.8 Å². The average Bonchev–Trinajstić information content (AvgIpc) is 3.20. The summed E-state index contributed by atoms with van der Waals surface area (Å²) in [6, 6.07) is 1.54. The first kappa shape index (κ1) is 14.0. The van der Waals surface area contributed by atoms with E-state index in [-0.39, 0.29) is 11.4 Å². The Bertz CT molecular complexity index is 612. The highest BCUT2D eigenvalue weighted by Gasteiger charge is 2.29. The molecular weight excluding hydrogens is 262 g/mol. The maximum Gasteiger partial charge on any atom is 0.244 e. The van der Waals surface area contributed by atoms with Crippen LogP contribution in [-0.4, -0.2) is 37.8 Å². The van der Waals surface area contributed by atoms with Crippen LogP contribution in [0.4, 0.5) is 0 Å². The van der Waals surface area contributed by atoms with Crippen molar-refractivity contribution in [3.05, 3.63) is 24.0 Å². The summed E-state index contributed by atoms with van der Waals surface area (Å²) in [6.07, 6.45) is 5.11. The van der Waals surface area contributed by atoms with Crippen molar-refractivity contribution in [1.29, 1.82) is 0 Å². The zero-order valence-electron chi connectivity index (χ0n) is 10.8. The summed E-state index contributed by atoms with van der Waals surface area (Å²) in [7, 11) is -1.87. The van der Waals surface area contributed by atoms with E-state index in [0.29, 0.717) is 18.0 Å². The highest BCUT2D eigenvalue weighted by molar-refractivity contribution is 7.89. The summed E-state index contributed by atoms with van der Waals surface area (Å²) >= 11 is 0. The minimum atomic E-state index is -3.47. The average molecular weight is 279 g/mol. The van der Waals surface area contributed by atoms with Gasteiger partial charge >= 0.3 is 0 Å². The van der Waals surface area contributed by atoms with E-state index < -0.39 is 10.0 Å². The molecule has 1 aromatic rings. The van der Waals surface area contributed by atoms with Crippen molar-refractivity contribution in [2.45, 2.75) is 17.7 Å². The molecule has 0 bridgehead atoms. The van der Waals surface area contributed by atoms with Gasteiger partial charge in [-0.05, 0) is 24.8 Å². The highest BCUT2D eigenvalue weighted by Crippen LogP contribution is 2.30. The van der Waals surface area contributed by atoms with E-state index >= 15 is 0 Å². The molecule has 0 spiro atoms. The molecule has 5 nitrogen and oxygen atoms in total. The maximum atomic E-state index is 12.3. The van der Waals surface area contributed by atoms with Gasteiger partial charge < -0.3 is 5.73 Å². The lowest BCUT2D eigenvalue weighted by Crippen LogP contribution is -2.29. The molecule has 0 unspecified atom stereocenters. The summed E-state index contributed by atoms with van der Waals surface area (Å²) in [4.78, 5) is 4.11. The number of sulfonamides is 1. The number of nitrogens with zero attached hydrogens (tertiary/aromatic N) is 2. The first-order valence-electron chi connectivity index (χ1n) is 6.14. The van der Waals surface area contributed by atoms with Crippen LogP contribution in [0.3, 0.4) is 0 Å². The van der Waals surface area contributed by atoms with Crippen LogP contribution >= 0.6 is 0 Å². The molecule has 0 saturated heterocycles. The van der Waals surface area contributed by atoms with Crippen molar-refractivity contribution >= 4 is 10.0 Å². The van der Waals surface area contributed by atoms with Gasteiger partial charge in [-0.15, -0.1) is 0 Å². The Balaban J connectivity index is 2.23. The second kappa shape index (κ2) is 5.70. The molecule has 2 rings (SSSR count).